The molecule has 2 aromatic carbocycles. The summed E-state index contributed by atoms with van der Waals surface area (Å²) >= 11 is 1.57. The number of carbonyl (C=O) groups excluding carboxylic acids is 2. The van der Waals surface area contributed by atoms with Gasteiger partial charge in [0.25, 0.3) is 0 Å². The maximum absolute atomic E-state index is 14.0. The molecule has 4 rings (SSSR count). The molecule has 3 atom stereocenters. The van der Waals surface area contributed by atoms with Crippen LogP contribution >= 0.6 is 11.3 Å². The largest absolute Gasteiger partial charge is 0.508 e. The summed E-state index contributed by atoms with van der Waals surface area (Å²) in [6.45, 7) is 10.6. The van der Waals surface area contributed by atoms with Crippen LogP contribution in [0.15, 0.2) is 64.9 Å². The highest BCUT2D eigenvalue weighted by Gasteiger charge is 2.40. The third kappa shape index (κ3) is 9.31. The first-order valence-electron chi connectivity index (χ1n) is 16.1. The molecule has 3 N–H and O–H groups in total. The van der Waals surface area contributed by atoms with Crippen LogP contribution in [0.2, 0.25) is 0 Å². The van der Waals surface area contributed by atoms with E-state index in [1.54, 1.807) is 21.1 Å². The van der Waals surface area contributed by atoms with Gasteiger partial charge in [-0.15, -0.1) is 11.3 Å². The Kier molecular flexibility index (Phi) is 12.4. The molecular weight excluding hydrogens is 639 g/mol. The molecule has 0 aliphatic carbocycles. The SMILES string of the molecule is CCc1nc(CN2CCN([C@H](C(=O)N[C@@H](Cc3ccccc3)[C@H](O)CN(CC(C)C)S(=O)(=O)c3ccc(O)cc3)C(C)C)C2=O)cs1. The number of thiazole rings is 1. The molecule has 0 saturated carbocycles. The molecule has 1 aliphatic heterocycles. The highest BCUT2D eigenvalue weighted by atomic mass is 32.2. The number of amides is 3. The van der Waals surface area contributed by atoms with Crippen molar-refractivity contribution >= 4 is 33.3 Å². The predicted molar refractivity (Wildman–Crippen MR) is 182 cm³/mol. The molecule has 1 aromatic heterocycles. The maximum Gasteiger partial charge on any atom is 0.321 e. The normalized spacial score (nSPS) is 15.9. The highest BCUT2D eigenvalue weighted by Crippen LogP contribution is 2.24. The summed E-state index contributed by atoms with van der Waals surface area (Å²) in [6.07, 6.45) is -0.202. The van der Waals surface area contributed by atoms with Crippen LogP contribution in [0.25, 0.3) is 0 Å². The number of carbonyl (C=O) groups is 2. The summed E-state index contributed by atoms with van der Waals surface area (Å²) in [5, 5.41) is 27.3. The van der Waals surface area contributed by atoms with Crippen LogP contribution in [0.4, 0.5) is 4.79 Å². The van der Waals surface area contributed by atoms with Crippen LogP contribution in [-0.4, -0.2) is 94.0 Å². The van der Waals surface area contributed by atoms with Gasteiger partial charge in [0.1, 0.15) is 11.8 Å². The maximum atomic E-state index is 14.0. The van der Waals surface area contributed by atoms with Gasteiger partial charge in [0.05, 0.1) is 34.3 Å². The number of aliphatic hydroxyl groups excluding tert-OH is 1. The second kappa shape index (κ2) is 16.1. The number of rotatable bonds is 16. The molecule has 47 heavy (non-hydrogen) atoms. The lowest BCUT2D eigenvalue weighted by Gasteiger charge is -2.34. The Hall–Kier alpha value is -3.52. The smallest absolute Gasteiger partial charge is 0.321 e. The van der Waals surface area contributed by atoms with E-state index in [-0.39, 0.29) is 48.0 Å². The molecule has 3 amide bonds. The summed E-state index contributed by atoms with van der Waals surface area (Å²) in [5.41, 5.74) is 1.68. The first kappa shape index (κ1) is 36.3. The fourth-order valence-electron chi connectivity index (χ4n) is 5.79. The van der Waals surface area contributed by atoms with Gasteiger partial charge in [0, 0.05) is 31.6 Å². The Balaban J connectivity index is 1.56. The number of aromatic nitrogens is 1. The Bertz CT molecular complexity index is 1580. The van der Waals surface area contributed by atoms with Gasteiger partial charge in [0.15, 0.2) is 0 Å². The molecule has 13 heteroatoms. The minimum atomic E-state index is -4.04. The number of nitrogens with one attached hydrogen (secondary N) is 1. The highest BCUT2D eigenvalue weighted by molar-refractivity contribution is 7.89. The second-order valence-corrected chi connectivity index (χ2v) is 15.6. The average Bonchev–Trinajstić information content (AvgIpc) is 3.63. The Morgan fingerprint density at radius 1 is 1.04 bits per heavy atom. The van der Waals surface area contributed by atoms with Crippen molar-refractivity contribution in [3.63, 3.8) is 0 Å². The van der Waals surface area contributed by atoms with Crippen molar-refractivity contribution in [3.05, 3.63) is 76.2 Å². The van der Waals surface area contributed by atoms with Gasteiger partial charge < -0.3 is 25.3 Å². The third-order valence-electron chi connectivity index (χ3n) is 8.14. The molecule has 2 heterocycles. The number of aromatic hydroxyl groups is 1. The molecular formula is C34H47N5O6S2. The number of hydrogen-bond donors (Lipinski definition) is 3. The monoisotopic (exact) mass is 685 g/mol. The van der Waals surface area contributed by atoms with Gasteiger partial charge in [-0.25, -0.2) is 18.2 Å². The lowest BCUT2D eigenvalue weighted by atomic mass is 9.97. The average molecular weight is 686 g/mol. The number of benzene rings is 2. The molecule has 11 nitrogen and oxygen atoms in total. The van der Waals surface area contributed by atoms with Gasteiger partial charge >= 0.3 is 6.03 Å². The van der Waals surface area contributed by atoms with Crippen LogP contribution < -0.4 is 5.32 Å². The molecule has 256 valence electrons. The van der Waals surface area contributed by atoms with E-state index in [1.165, 1.54) is 28.6 Å². The van der Waals surface area contributed by atoms with E-state index in [1.807, 2.05) is 70.3 Å². The number of phenols is 1. The van der Waals surface area contributed by atoms with E-state index in [4.69, 9.17) is 0 Å². The zero-order valence-electron chi connectivity index (χ0n) is 27.7. The number of nitrogens with zero attached hydrogens (tertiary/aromatic N) is 4. The molecule has 3 aromatic rings. The van der Waals surface area contributed by atoms with Crippen molar-refractivity contribution in [2.24, 2.45) is 11.8 Å². The third-order valence-corrected chi connectivity index (χ3v) is 11.0. The van der Waals surface area contributed by atoms with Crippen molar-refractivity contribution < 1.29 is 28.2 Å². The van der Waals surface area contributed by atoms with Gasteiger partial charge in [-0.1, -0.05) is 65.0 Å². The minimum absolute atomic E-state index is 0.00710. The summed E-state index contributed by atoms with van der Waals surface area (Å²) in [5.74, 6) is -0.748. The first-order valence-corrected chi connectivity index (χ1v) is 18.4. The van der Waals surface area contributed by atoms with Crippen LogP contribution in [0.1, 0.15) is 50.9 Å². The van der Waals surface area contributed by atoms with Crippen LogP contribution in [0.3, 0.4) is 0 Å². The Morgan fingerprint density at radius 2 is 1.72 bits per heavy atom. The van der Waals surface area contributed by atoms with Crippen LogP contribution in [0, 0.1) is 11.8 Å². The summed E-state index contributed by atoms with van der Waals surface area (Å²) in [4.78, 5) is 35.5. The molecule has 1 aliphatic rings. The summed E-state index contributed by atoms with van der Waals surface area (Å²) in [7, 11) is -4.04. The predicted octanol–water partition coefficient (Wildman–Crippen LogP) is 4.11. The topological polar surface area (TPSA) is 143 Å². The van der Waals surface area contributed by atoms with Gasteiger partial charge in [-0.3, -0.25) is 4.79 Å². The van der Waals surface area contributed by atoms with Gasteiger partial charge in [-0.05, 0) is 54.5 Å². The first-order chi connectivity index (χ1) is 22.3. The molecule has 0 unspecified atom stereocenters. The van der Waals surface area contributed by atoms with E-state index in [0.29, 0.717) is 19.6 Å². The number of aryl methyl sites for hydroxylation is 1. The molecule has 0 radical (unpaired) electrons. The molecule has 1 fully saturated rings. The lowest BCUT2D eigenvalue weighted by molar-refractivity contribution is -0.128. The fourth-order valence-corrected chi connectivity index (χ4v) is 8.15. The van der Waals surface area contributed by atoms with E-state index in [0.717, 1.165) is 22.7 Å². The van der Waals surface area contributed by atoms with Crippen molar-refractivity contribution in [1.29, 1.82) is 0 Å². The Morgan fingerprint density at radius 3 is 2.32 bits per heavy atom. The molecule has 1 saturated heterocycles. The standard InChI is InChI=1S/C34H47N5O6S2/c1-6-31-35-26(22-46-31)20-37-16-17-39(34(37)43)32(24(4)5)33(42)36-29(18-25-10-8-7-9-11-25)30(41)21-38(19-23(2)3)47(44,45)28-14-12-27(40)13-15-28/h7-15,22-24,29-30,32,40-41H,6,16-21H2,1-5H3,(H,36,42)/t29-,30+,32-/m0/s1. The van der Waals surface area contributed by atoms with Gasteiger partial charge in [-0.2, -0.15) is 4.31 Å². The van der Waals surface area contributed by atoms with E-state index in [9.17, 15) is 28.2 Å². The minimum Gasteiger partial charge on any atom is -0.508 e. The van der Waals surface area contributed by atoms with E-state index >= 15 is 0 Å². The lowest BCUT2D eigenvalue weighted by Crippen LogP contribution is -2.57. The number of phenolic OH excluding ortho intramolecular Hbond substituents is 1. The number of hydrogen-bond acceptors (Lipinski definition) is 8. The van der Waals surface area contributed by atoms with Crippen LogP contribution in [-0.2, 0) is 34.2 Å². The van der Waals surface area contributed by atoms with Crippen molar-refractivity contribution in [2.45, 2.75) is 77.1 Å². The van der Waals surface area contributed by atoms with Crippen molar-refractivity contribution in [1.82, 2.24) is 24.4 Å². The van der Waals surface area contributed by atoms with E-state index < -0.39 is 34.1 Å². The number of sulfonamides is 1. The zero-order valence-corrected chi connectivity index (χ0v) is 29.4. The van der Waals surface area contributed by atoms with Gasteiger partial charge in [0.2, 0.25) is 15.9 Å². The van der Waals surface area contributed by atoms with Crippen molar-refractivity contribution in [2.75, 3.05) is 26.2 Å². The summed E-state index contributed by atoms with van der Waals surface area (Å²) in [6, 6.07) is 12.7. The zero-order chi connectivity index (χ0) is 34.3. The van der Waals surface area contributed by atoms with Crippen LogP contribution in [0.5, 0.6) is 5.75 Å². The second-order valence-electron chi connectivity index (χ2n) is 12.8. The Labute approximate surface area is 282 Å². The molecule has 0 bridgehead atoms. The van der Waals surface area contributed by atoms with Crippen molar-refractivity contribution in [3.8, 4) is 5.75 Å². The summed E-state index contributed by atoms with van der Waals surface area (Å²) < 4.78 is 28.6. The number of urea groups is 1. The quantitative estimate of drug-likeness (QED) is 0.206. The van der Waals surface area contributed by atoms with E-state index in [2.05, 4.69) is 10.3 Å². The molecule has 0 spiro atoms. The fraction of sp³-hybridized carbons (Fsp3) is 0.500. The number of aliphatic hydroxyl groups is 1.